The number of hydrogen-bond acceptors (Lipinski definition) is 3. The van der Waals surface area contributed by atoms with Crippen LogP contribution in [0.1, 0.15) is 23.7 Å². The fourth-order valence-electron chi connectivity index (χ4n) is 2.61. The van der Waals surface area contributed by atoms with Gasteiger partial charge in [0.25, 0.3) is 5.91 Å². The molecule has 0 radical (unpaired) electrons. The first-order valence-electron chi connectivity index (χ1n) is 6.21. The zero-order valence-electron chi connectivity index (χ0n) is 10.3. The van der Waals surface area contributed by atoms with Gasteiger partial charge in [-0.05, 0) is 36.5 Å². The topological polar surface area (TPSA) is 46.6 Å². The summed E-state index contributed by atoms with van der Waals surface area (Å²) < 4.78 is 4.99. The third-order valence-corrected chi connectivity index (χ3v) is 3.61. The van der Waals surface area contributed by atoms with Gasteiger partial charge >= 0.3 is 5.97 Å². The first-order chi connectivity index (χ1) is 8.63. The second kappa shape index (κ2) is 4.12. The maximum Gasteiger partial charge on any atom is 0.308 e. The van der Waals surface area contributed by atoms with Crippen LogP contribution < -0.4 is 4.74 Å². The predicted molar refractivity (Wildman–Crippen MR) is 65.3 cm³/mol. The summed E-state index contributed by atoms with van der Waals surface area (Å²) in [6, 6.07) is 6.81. The van der Waals surface area contributed by atoms with E-state index in [1.165, 1.54) is 13.3 Å². The SMILES string of the molecule is CC(=O)Oc1cccc(C(=O)N2CC3CC3C2)c1. The molecule has 0 bridgehead atoms. The molecule has 1 aromatic carbocycles. The summed E-state index contributed by atoms with van der Waals surface area (Å²) in [6.07, 6.45) is 1.28. The zero-order valence-corrected chi connectivity index (χ0v) is 10.3. The van der Waals surface area contributed by atoms with Gasteiger partial charge in [-0.15, -0.1) is 0 Å². The molecular weight excluding hydrogens is 230 g/mol. The Labute approximate surface area is 106 Å². The van der Waals surface area contributed by atoms with Crippen molar-refractivity contribution in [1.29, 1.82) is 0 Å². The first kappa shape index (κ1) is 11.3. The molecule has 1 saturated carbocycles. The fourth-order valence-corrected chi connectivity index (χ4v) is 2.61. The van der Waals surface area contributed by atoms with Gasteiger partial charge in [0, 0.05) is 25.6 Å². The summed E-state index contributed by atoms with van der Waals surface area (Å²) in [7, 11) is 0. The summed E-state index contributed by atoms with van der Waals surface area (Å²) in [4.78, 5) is 25.0. The Morgan fingerprint density at radius 1 is 1.28 bits per heavy atom. The number of carbonyl (C=O) groups is 2. The van der Waals surface area contributed by atoms with Gasteiger partial charge in [-0.1, -0.05) is 6.07 Å². The summed E-state index contributed by atoms with van der Waals surface area (Å²) in [6.45, 7) is 3.10. The highest BCUT2D eigenvalue weighted by Crippen LogP contribution is 2.45. The maximum absolute atomic E-state index is 12.2. The minimum Gasteiger partial charge on any atom is -0.427 e. The number of nitrogens with zero attached hydrogens (tertiary/aromatic N) is 1. The molecule has 2 atom stereocenters. The molecular formula is C14H15NO3. The number of amides is 1. The minimum atomic E-state index is -0.373. The van der Waals surface area contributed by atoms with E-state index in [1.807, 2.05) is 4.90 Å². The van der Waals surface area contributed by atoms with E-state index < -0.39 is 0 Å². The number of carbonyl (C=O) groups excluding carboxylic acids is 2. The van der Waals surface area contributed by atoms with Gasteiger partial charge in [0.15, 0.2) is 0 Å². The van der Waals surface area contributed by atoms with Crippen molar-refractivity contribution in [3.63, 3.8) is 0 Å². The van der Waals surface area contributed by atoms with Crippen molar-refractivity contribution in [3.05, 3.63) is 29.8 Å². The van der Waals surface area contributed by atoms with Gasteiger partial charge < -0.3 is 9.64 Å². The lowest BCUT2D eigenvalue weighted by atomic mass is 10.2. The van der Waals surface area contributed by atoms with E-state index in [0.717, 1.165) is 24.9 Å². The van der Waals surface area contributed by atoms with Crippen molar-refractivity contribution < 1.29 is 14.3 Å². The van der Waals surface area contributed by atoms with Crippen molar-refractivity contribution in [1.82, 2.24) is 4.90 Å². The molecule has 94 valence electrons. The number of rotatable bonds is 2. The van der Waals surface area contributed by atoms with Crippen LogP contribution >= 0.6 is 0 Å². The third kappa shape index (κ3) is 2.10. The van der Waals surface area contributed by atoms with Crippen LogP contribution in [0, 0.1) is 11.8 Å². The van der Waals surface area contributed by atoms with Gasteiger partial charge in [0.05, 0.1) is 0 Å². The highest BCUT2D eigenvalue weighted by atomic mass is 16.5. The summed E-state index contributed by atoms with van der Waals surface area (Å²) in [5, 5.41) is 0. The Morgan fingerprint density at radius 2 is 2.00 bits per heavy atom. The van der Waals surface area contributed by atoms with E-state index >= 15 is 0 Å². The van der Waals surface area contributed by atoms with Crippen molar-refractivity contribution in [2.45, 2.75) is 13.3 Å². The average molecular weight is 245 g/mol. The van der Waals surface area contributed by atoms with Gasteiger partial charge in [0.2, 0.25) is 0 Å². The van der Waals surface area contributed by atoms with E-state index in [2.05, 4.69) is 0 Å². The molecule has 1 amide bonds. The van der Waals surface area contributed by atoms with Crippen LogP contribution in [0.3, 0.4) is 0 Å². The molecule has 2 aliphatic rings. The van der Waals surface area contributed by atoms with E-state index in [9.17, 15) is 9.59 Å². The number of esters is 1. The van der Waals surface area contributed by atoms with Crippen LogP contribution in [-0.2, 0) is 4.79 Å². The predicted octanol–water partition coefficient (Wildman–Crippen LogP) is 1.70. The molecule has 4 nitrogen and oxygen atoms in total. The fraction of sp³-hybridized carbons (Fsp3) is 0.429. The smallest absolute Gasteiger partial charge is 0.308 e. The lowest BCUT2D eigenvalue weighted by Gasteiger charge is -2.18. The standard InChI is InChI=1S/C14H15NO3/c1-9(16)18-13-4-2-3-10(6-13)14(17)15-7-11-5-12(11)8-15/h2-4,6,11-12H,5,7-8H2,1H3. The number of benzene rings is 1. The molecule has 1 heterocycles. The summed E-state index contributed by atoms with van der Waals surface area (Å²) in [5.74, 6) is 1.55. The lowest BCUT2D eigenvalue weighted by Crippen LogP contribution is -2.30. The maximum atomic E-state index is 12.2. The van der Waals surface area contributed by atoms with E-state index in [-0.39, 0.29) is 11.9 Å². The van der Waals surface area contributed by atoms with Crippen LogP contribution in [0.2, 0.25) is 0 Å². The number of fused-ring (bicyclic) bond motifs is 1. The molecule has 3 rings (SSSR count). The number of piperidine rings is 1. The summed E-state index contributed by atoms with van der Waals surface area (Å²) in [5.41, 5.74) is 0.593. The van der Waals surface area contributed by atoms with Crippen molar-refractivity contribution in [3.8, 4) is 5.75 Å². The molecule has 18 heavy (non-hydrogen) atoms. The van der Waals surface area contributed by atoms with Crippen LogP contribution in [0.15, 0.2) is 24.3 Å². The van der Waals surface area contributed by atoms with E-state index in [0.29, 0.717) is 11.3 Å². The molecule has 1 saturated heterocycles. The Morgan fingerprint density at radius 3 is 2.67 bits per heavy atom. The molecule has 1 aliphatic carbocycles. The number of likely N-dealkylation sites (tertiary alicyclic amines) is 1. The molecule has 0 spiro atoms. The van der Waals surface area contributed by atoms with E-state index in [4.69, 9.17) is 4.74 Å². The van der Waals surface area contributed by atoms with Crippen molar-refractivity contribution in [2.24, 2.45) is 11.8 Å². The molecule has 2 fully saturated rings. The first-order valence-corrected chi connectivity index (χ1v) is 6.21. The third-order valence-electron chi connectivity index (χ3n) is 3.61. The lowest BCUT2D eigenvalue weighted by molar-refractivity contribution is -0.131. The summed E-state index contributed by atoms with van der Waals surface area (Å²) >= 11 is 0. The van der Waals surface area contributed by atoms with Crippen LogP contribution in [0.5, 0.6) is 5.75 Å². The second-order valence-electron chi connectivity index (χ2n) is 5.09. The molecule has 2 unspecified atom stereocenters. The second-order valence-corrected chi connectivity index (χ2v) is 5.09. The Bertz CT molecular complexity index is 502. The Balaban J connectivity index is 1.74. The quantitative estimate of drug-likeness (QED) is 0.588. The molecule has 0 aromatic heterocycles. The largest absolute Gasteiger partial charge is 0.427 e. The van der Waals surface area contributed by atoms with Gasteiger partial charge in [-0.3, -0.25) is 9.59 Å². The zero-order chi connectivity index (χ0) is 12.7. The van der Waals surface area contributed by atoms with Gasteiger partial charge in [-0.25, -0.2) is 0 Å². The van der Waals surface area contributed by atoms with Crippen LogP contribution in [-0.4, -0.2) is 29.9 Å². The van der Waals surface area contributed by atoms with Gasteiger partial charge in [-0.2, -0.15) is 0 Å². The minimum absolute atomic E-state index is 0.0382. The number of hydrogen-bond donors (Lipinski definition) is 0. The Kier molecular flexibility index (Phi) is 2.58. The van der Waals surface area contributed by atoms with E-state index in [1.54, 1.807) is 24.3 Å². The molecule has 0 N–H and O–H groups in total. The number of ether oxygens (including phenoxy) is 1. The van der Waals surface area contributed by atoms with Crippen molar-refractivity contribution in [2.75, 3.05) is 13.1 Å². The van der Waals surface area contributed by atoms with Crippen LogP contribution in [0.25, 0.3) is 0 Å². The average Bonchev–Trinajstić information content (AvgIpc) is 2.95. The molecule has 4 heteroatoms. The van der Waals surface area contributed by atoms with Crippen molar-refractivity contribution >= 4 is 11.9 Å². The van der Waals surface area contributed by atoms with Gasteiger partial charge in [0.1, 0.15) is 5.75 Å². The highest BCUT2D eigenvalue weighted by molar-refractivity contribution is 5.95. The van der Waals surface area contributed by atoms with Crippen LogP contribution in [0.4, 0.5) is 0 Å². The molecule has 1 aromatic rings. The normalized spacial score (nSPS) is 24.6. The monoisotopic (exact) mass is 245 g/mol. The highest BCUT2D eigenvalue weighted by Gasteiger charge is 2.46. The Hall–Kier alpha value is -1.84. The molecule has 1 aliphatic heterocycles.